The van der Waals surface area contributed by atoms with Gasteiger partial charge in [-0.15, -0.1) is 0 Å². The smallest absolute Gasteiger partial charge is 0.464 e. The number of carbonyl (C=O) groups is 1. The molecule has 0 amide bonds. The first-order valence-electron chi connectivity index (χ1n) is 11.0. The second kappa shape index (κ2) is 12.9. The maximum atomic E-state index is 14.2. The van der Waals surface area contributed by atoms with Crippen LogP contribution in [-0.4, -0.2) is 18.6 Å². The first-order valence-corrected chi connectivity index (χ1v) is 12.6. The highest BCUT2D eigenvalue weighted by Crippen LogP contribution is 2.47. The molecule has 35 heavy (non-hydrogen) atoms. The number of hydrogen-bond acceptors (Lipinski definition) is 5. The van der Waals surface area contributed by atoms with Gasteiger partial charge in [0.25, 0.3) is 0 Å². The van der Waals surface area contributed by atoms with E-state index in [0.717, 1.165) is 25.7 Å². The molecular weight excluding hydrogens is 496 g/mol. The zero-order valence-corrected chi connectivity index (χ0v) is 20.3. The van der Waals surface area contributed by atoms with Crippen LogP contribution in [0.1, 0.15) is 46.5 Å². The summed E-state index contributed by atoms with van der Waals surface area (Å²) >= 11 is 0. The molecule has 2 aromatic carbocycles. The van der Waals surface area contributed by atoms with Crippen molar-refractivity contribution < 1.29 is 45.1 Å². The molecule has 194 valence electrons. The second-order valence-electron chi connectivity index (χ2n) is 7.82. The van der Waals surface area contributed by atoms with Crippen LogP contribution < -0.4 is 14.1 Å². The van der Waals surface area contributed by atoms with Gasteiger partial charge in [0.05, 0.1) is 6.61 Å². The SMILES string of the molecule is CCCC(CCC)COC(=O)C(C)N[P@](=O)(Oc1ccccc1)Oc1c(F)c(F)c(F)c(F)c1F. The van der Waals surface area contributed by atoms with Crippen LogP contribution in [0.3, 0.4) is 0 Å². The van der Waals surface area contributed by atoms with E-state index < -0.39 is 54.6 Å². The van der Waals surface area contributed by atoms with Crippen molar-refractivity contribution in [2.45, 2.75) is 52.5 Å². The molecule has 0 heterocycles. The highest BCUT2D eigenvalue weighted by Gasteiger charge is 2.38. The monoisotopic (exact) mass is 523 g/mol. The average molecular weight is 523 g/mol. The molecule has 1 N–H and O–H groups in total. The van der Waals surface area contributed by atoms with Gasteiger partial charge in [-0.05, 0) is 37.8 Å². The van der Waals surface area contributed by atoms with Gasteiger partial charge in [-0.1, -0.05) is 44.9 Å². The molecule has 0 aromatic heterocycles. The van der Waals surface area contributed by atoms with E-state index >= 15 is 0 Å². The maximum Gasteiger partial charge on any atom is 0.513 e. The van der Waals surface area contributed by atoms with Crippen LogP contribution in [0.25, 0.3) is 0 Å². The van der Waals surface area contributed by atoms with Crippen LogP contribution in [-0.2, 0) is 14.1 Å². The summed E-state index contributed by atoms with van der Waals surface area (Å²) in [5.74, 6) is -14.4. The summed E-state index contributed by atoms with van der Waals surface area (Å²) in [6.45, 7) is 5.29. The largest absolute Gasteiger partial charge is 0.513 e. The fourth-order valence-corrected chi connectivity index (χ4v) is 4.74. The average Bonchev–Trinajstić information content (AvgIpc) is 2.83. The molecule has 2 atom stereocenters. The molecule has 0 aliphatic heterocycles. The number of esters is 1. The molecule has 1 unspecified atom stereocenters. The molecule has 0 saturated carbocycles. The van der Waals surface area contributed by atoms with Crippen LogP contribution in [0, 0.1) is 35.0 Å². The molecule has 0 bridgehead atoms. The van der Waals surface area contributed by atoms with Crippen molar-refractivity contribution in [3.05, 3.63) is 59.4 Å². The molecule has 0 spiro atoms. The van der Waals surface area contributed by atoms with Crippen LogP contribution in [0.2, 0.25) is 0 Å². The van der Waals surface area contributed by atoms with Crippen molar-refractivity contribution in [2.24, 2.45) is 5.92 Å². The normalized spacial score (nSPS) is 13.9. The number of rotatable bonds is 13. The van der Waals surface area contributed by atoms with Gasteiger partial charge in [-0.2, -0.15) is 13.9 Å². The minimum absolute atomic E-state index is 0.0921. The Balaban J connectivity index is 2.30. The van der Waals surface area contributed by atoms with Crippen molar-refractivity contribution in [3.8, 4) is 11.5 Å². The van der Waals surface area contributed by atoms with Crippen molar-refractivity contribution >= 4 is 13.7 Å². The second-order valence-corrected chi connectivity index (χ2v) is 9.43. The highest BCUT2D eigenvalue weighted by atomic mass is 31.2. The Hall–Kier alpha value is -2.65. The van der Waals surface area contributed by atoms with Crippen LogP contribution in [0.5, 0.6) is 11.5 Å². The van der Waals surface area contributed by atoms with E-state index in [2.05, 4.69) is 5.09 Å². The van der Waals surface area contributed by atoms with Gasteiger partial charge >= 0.3 is 13.7 Å². The van der Waals surface area contributed by atoms with E-state index in [-0.39, 0.29) is 18.3 Å². The molecule has 0 aliphatic carbocycles. The number of carbonyl (C=O) groups excluding carboxylic acids is 1. The van der Waals surface area contributed by atoms with Crippen LogP contribution in [0.15, 0.2) is 30.3 Å². The van der Waals surface area contributed by atoms with Crippen LogP contribution in [0.4, 0.5) is 22.0 Å². The Kier molecular flexibility index (Phi) is 10.5. The predicted molar refractivity (Wildman–Crippen MR) is 118 cm³/mol. The van der Waals surface area contributed by atoms with E-state index in [1.165, 1.54) is 31.2 Å². The first-order chi connectivity index (χ1) is 16.5. The summed E-state index contributed by atoms with van der Waals surface area (Å²) in [6.07, 6.45) is 3.40. The van der Waals surface area contributed by atoms with E-state index in [0.29, 0.717) is 0 Å². The fraction of sp³-hybridized carbons (Fsp3) is 0.435. The number of nitrogens with one attached hydrogen (secondary N) is 1. The lowest BCUT2D eigenvalue weighted by atomic mass is 9.99. The molecule has 6 nitrogen and oxygen atoms in total. The molecule has 0 radical (unpaired) electrons. The van der Waals surface area contributed by atoms with Crippen molar-refractivity contribution in [3.63, 3.8) is 0 Å². The lowest BCUT2D eigenvalue weighted by Crippen LogP contribution is -2.36. The van der Waals surface area contributed by atoms with Gasteiger partial charge in [0.15, 0.2) is 0 Å². The summed E-state index contributed by atoms with van der Waals surface area (Å²) in [5, 5.41) is 2.15. The topological polar surface area (TPSA) is 73.9 Å². The quantitative estimate of drug-likeness (QED) is 0.104. The van der Waals surface area contributed by atoms with Crippen LogP contribution >= 0.6 is 7.75 Å². The molecule has 0 aliphatic rings. The third-order valence-corrected chi connectivity index (χ3v) is 6.49. The zero-order chi connectivity index (χ0) is 26.2. The van der Waals surface area contributed by atoms with Gasteiger partial charge in [0, 0.05) is 0 Å². The number of halogens is 5. The molecule has 2 aromatic rings. The number of para-hydroxylation sites is 1. The Morgan fingerprint density at radius 3 is 1.91 bits per heavy atom. The Bertz CT molecular complexity index is 1020. The third-order valence-electron chi connectivity index (χ3n) is 4.91. The zero-order valence-electron chi connectivity index (χ0n) is 19.5. The molecule has 2 rings (SSSR count). The summed E-state index contributed by atoms with van der Waals surface area (Å²) in [7, 11) is -4.94. The minimum Gasteiger partial charge on any atom is -0.464 e. The van der Waals surface area contributed by atoms with Gasteiger partial charge in [-0.3, -0.25) is 4.79 Å². The first kappa shape index (κ1) is 28.6. The predicted octanol–water partition coefficient (Wildman–Crippen LogP) is 6.69. The highest BCUT2D eigenvalue weighted by molar-refractivity contribution is 7.52. The number of ether oxygens (including phenoxy) is 1. The van der Waals surface area contributed by atoms with E-state index in [1.807, 2.05) is 13.8 Å². The molecule has 12 heteroatoms. The Labute approximate surface area is 200 Å². The van der Waals surface area contributed by atoms with E-state index in [9.17, 15) is 31.3 Å². The third kappa shape index (κ3) is 7.67. The summed E-state index contributed by atoms with van der Waals surface area (Å²) in [4.78, 5) is 12.5. The summed E-state index contributed by atoms with van der Waals surface area (Å²) < 4.78 is 97.6. The van der Waals surface area contributed by atoms with Crippen molar-refractivity contribution in [2.75, 3.05) is 6.61 Å². The van der Waals surface area contributed by atoms with Crippen molar-refractivity contribution in [1.29, 1.82) is 0 Å². The minimum atomic E-state index is -4.94. The lowest BCUT2D eigenvalue weighted by molar-refractivity contribution is -0.146. The molecular formula is C23H27F5NO5P. The maximum absolute atomic E-state index is 14.2. The van der Waals surface area contributed by atoms with E-state index in [1.54, 1.807) is 6.07 Å². The van der Waals surface area contributed by atoms with Gasteiger partial charge in [0.1, 0.15) is 11.8 Å². The number of hydrogen-bond donors (Lipinski definition) is 1. The van der Waals surface area contributed by atoms with E-state index in [4.69, 9.17) is 13.8 Å². The Morgan fingerprint density at radius 1 is 0.886 bits per heavy atom. The Morgan fingerprint density at radius 2 is 1.40 bits per heavy atom. The van der Waals surface area contributed by atoms with Gasteiger partial charge < -0.3 is 13.8 Å². The fourth-order valence-electron chi connectivity index (χ4n) is 3.22. The standard InChI is InChI=1S/C23H27F5NO5P/c1-4-9-15(10-5-2)13-32-23(30)14(3)29-35(31,33-16-11-7-6-8-12-16)34-22-20(27)18(25)17(24)19(26)21(22)28/h6-8,11-12,14-15H,4-5,9-10,13H2,1-3H3,(H,29,31)/t14?,35-/m0/s1. The van der Waals surface area contributed by atoms with Crippen molar-refractivity contribution in [1.82, 2.24) is 5.09 Å². The molecule has 0 saturated heterocycles. The molecule has 0 fully saturated rings. The number of benzene rings is 2. The summed E-state index contributed by atoms with van der Waals surface area (Å²) in [5.41, 5.74) is 0. The van der Waals surface area contributed by atoms with Gasteiger partial charge in [0.2, 0.25) is 34.8 Å². The lowest BCUT2D eigenvalue weighted by Gasteiger charge is -2.24. The van der Waals surface area contributed by atoms with Gasteiger partial charge in [-0.25, -0.2) is 17.7 Å². The summed E-state index contributed by atoms with van der Waals surface area (Å²) in [6, 6.07) is 5.74.